The van der Waals surface area contributed by atoms with E-state index in [1.807, 2.05) is 19.1 Å². The molecule has 0 radical (unpaired) electrons. The molecule has 0 bridgehead atoms. The third-order valence-electron chi connectivity index (χ3n) is 3.29. The summed E-state index contributed by atoms with van der Waals surface area (Å²) < 4.78 is 5.66. The Hall–Kier alpha value is -1.26. The number of ether oxygens (including phenoxy) is 1. The molecule has 1 unspecified atom stereocenters. The lowest BCUT2D eigenvalue weighted by atomic mass is 10.1. The SMILES string of the molecule is CCCC(Oc1c(Cl)cccc1CNC1CC1)C(=O)O. The number of rotatable bonds is 8. The highest BCUT2D eigenvalue weighted by molar-refractivity contribution is 6.32. The fraction of sp³-hybridized carbons (Fsp3) is 0.533. The van der Waals surface area contributed by atoms with Crippen LogP contribution in [0, 0.1) is 0 Å². The molecule has 2 N–H and O–H groups in total. The van der Waals surface area contributed by atoms with Crippen LogP contribution in [0.15, 0.2) is 18.2 Å². The largest absolute Gasteiger partial charge is 0.479 e. The number of hydrogen-bond donors (Lipinski definition) is 2. The molecule has 5 heteroatoms. The first-order valence-electron chi connectivity index (χ1n) is 7.02. The second-order valence-corrected chi connectivity index (χ2v) is 5.52. The van der Waals surface area contributed by atoms with Gasteiger partial charge in [-0.1, -0.05) is 37.1 Å². The van der Waals surface area contributed by atoms with Gasteiger partial charge in [0.2, 0.25) is 0 Å². The van der Waals surface area contributed by atoms with Crippen molar-refractivity contribution in [1.82, 2.24) is 5.32 Å². The zero-order valence-corrected chi connectivity index (χ0v) is 12.3. The van der Waals surface area contributed by atoms with Gasteiger partial charge in [-0.15, -0.1) is 0 Å². The third-order valence-corrected chi connectivity index (χ3v) is 3.59. The summed E-state index contributed by atoms with van der Waals surface area (Å²) in [5.41, 5.74) is 0.909. The molecule has 0 heterocycles. The van der Waals surface area contributed by atoms with Crippen molar-refractivity contribution in [1.29, 1.82) is 0 Å². The average molecular weight is 298 g/mol. The standard InChI is InChI=1S/C15H20ClNO3/c1-2-4-13(15(18)19)20-14-10(5-3-6-12(14)16)9-17-11-7-8-11/h3,5-6,11,13,17H,2,4,7-9H2,1H3,(H,18,19). The van der Waals surface area contributed by atoms with E-state index in [1.165, 1.54) is 12.8 Å². The van der Waals surface area contributed by atoms with E-state index in [9.17, 15) is 9.90 Å². The van der Waals surface area contributed by atoms with Gasteiger partial charge in [0.1, 0.15) is 5.75 Å². The van der Waals surface area contributed by atoms with Crippen LogP contribution in [0.5, 0.6) is 5.75 Å². The number of carboxylic acid groups (broad SMARTS) is 1. The van der Waals surface area contributed by atoms with Crippen molar-refractivity contribution in [2.24, 2.45) is 0 Å². The smallest absolute Gasteiger partial charge is 0.344 e. The Morgan fingerprint density at radius 1 is 1.55 bits per heavy atom. The van der Waals surface area contributed by atoms with E-state index in [1.54, 1.807) is 6.07 Å². The molecule has 20 heavy (non-hydrogen) atoms. The van der Waals surface area contributed by atoms with Crippen molar-refractivity contribution in [3.8, 4) is 5.75 Å². The summed E-state index contributed by atoms with van der Waals surface area (Å²) >= 11 is 6.16. The molecule has 1 fully saturated rings. The molecule has 2 rings (SSSR count). The lowest BCUT2D eigenvalue weighted by molar-refractivity contribution is -0.145. The minimum Gasteiger partial charge on any atom is -0.479 e. The van der Waals surface area contributed by atoms with Crippen molar-refractivity contribution in [3.63, 3.8) is 0 Å². The van der Waals surface area contributed by atoms with E-state index in [-0.39, 0.29) is 0 Å². The third kappa shape index (κ3) is 4.12. The highest BCUT2D eigenvalue weighted by Gasteiger charge is 2.23. The Bertz CT molecular complexity index is 474. The first kappa shape index (κ1) is 15.1. The van der Waals surface area contributed by atoms with E-state index in [0.717, 1.165) is 12.0 Å². The van der Waals surface area contributed by atoms with Gasteiger partial charge in [0.05, 0.1) is 5.02 Å². The topological polar surface area (TPSA) is 58.6 Å². The van der Waals surface area contributed by atoms with Crippen LogP contribution in [0.3, 0.4) is 0 Å². The summed E-state index contributed by atoms with van der Waals surface area (Å²) in [4.78, 5) is 11.2. The van der Waals surface area contributed by atoms with Gasteiger partial charge in [-0.05, 0) is 25.3 Å². The second-order valence-electron chi connectivity index (χ2n) is 5.12. The summed E-state index contributed by atoms with van der Waals surface area (Å²) in [7, 11) is 0. The number of para-hydroxylation sites is 1. The molecule has 1 saturated carbocycles. The van der Waals surface area contributed by atoms with Crippen LogP contribution >= 0.6 is 11.6 Å². The molecule has 1 aromatic rings. The Labute approximate surface area is 124 Å². The van der Waals surface area contributed by atoms with Crippen molar-refractivity contribution in [2.75, 3.05) is 0 Å². The lowest BCUT2D eigenvalue weighted by Crippen LogP contribution is -2.27. The first-order valence-corrected chi connectivity index (χ1v) is 7.39. The number of halogens is 1. The van der Waals surface area contributed by atoms with Gasteiger partial charge in [0.25, 0.3) is 0 Å². The molecule has 0 spiro atoms. The van der Waals surface area contributed by atoms with E-state index in [2.05, 4.69) is 5.32 Å². The number of hydrogen-bond acceptors (Lipinski definition) is 3. The van der Waals surface area contributed by atoms with Crippen LogP contribution < -0.4 is 10.1 Å². The number of carbonyl (C=O) groups is 1. The maximum Gasteiger partial charge on any atom is 0.344 e. The number of nitrogens with one attached hydrogen (secondary N) is 1. The summed E-state index contributed by atoms with van der Waals surface area (Å²) in [6, 6.07) is 6.08. The summed E-state index contributed by atoms with van der Waals surface area (Å²) in [5.74, 6) is -0.462. The van der Waals surface area contributed by atoms with Crippen LogP contribution in [0.2, 0.25) is 5.02 Å². The quantitative estimate of drug-likeness (QED) is 0.773. The Morgan fingerprint density at radius 2 is 2.30 bits per heavy atom. The average Bonchev–Trinajstić information content (AvgIpc) is 3.22. The Morgan fingerprint density at radius 3 is 2.90 bits per heavy atom. The first-order chi connectivity index (χ1) is 9.61. The molecule has 0 aliphatic heterocycles. The van der Waals surface area contributed by atoms with Crippen LogP contribution in [0.1, 0.15) is 38.2 Å². The maximum atomic E-state index is 11.2. The second kappa shape index (κ2) is 6.95. The van der Waals surface area contributed by atoms with E-state index in [4.69, 9.17) is 16.3 Å². The molecule has 110 valence electrons. The molecular formula is C15H20ClNO3. The zero-order chi connectivity index (χ0) is 14.5. The van der Waals surface area contributed by atoms with Gasteiger partial charge >= 0.3 is 5.97 Å². The lowest BCUT2D eigenvalue weighted by Gasteiger charge is -2.18. The van der Waals surface area contributed by atoms with Crippen molar-refractivity contribution < 1.29 is 14.6 Å². The number of aliphatic carboxylic acids is 1. The van der Waals surface area contributed by atoms with Crippen LogP contribution in [0.4, 0.5) is 0 Å². The highest BCUT2D eigenvalue weighted by Crippen LogP contribution is 2.31. The minimum atomic E-state index is -0.951. The van der Waals surface area contributed by atoms with Crippen LogP contribution in [0.25, 0.3) is 0 Å². The summed E-state index contributed by atoms with van der Waals surface area (Å²) in [6.45, 7) is 2.58. The van der Waals surface area contributed by atoms with Gasteiger partial charge in [-0.3, -0.25) is 0 Å². The minimum absolute atomic E-state index is 0.461. The molecule has 0 amide bonds. The monoisotopic (exact) mass is 297 g/mol. The van der Waals surface area contributed by atoms with E-state index in [0.29, 0.717) is 29.8 Å². The van der Waals surface area contributed by atoms with Gasteiger partial charge in [-0.2, -0.15) is 0 Å². The van der Waals surface area contributed by atoms with Gasteiger partial charge < -0.3 is 15.2 Å². The molecule has 1 aliphatic carbocycles. The molecule has 0 saturated heterocycles. The van der Waals surface area contributed by atoms with E-state index < -0.39 is 12.1 Å². The fourth-order valence-electron chi connectivity index (χ4n) is 2.00. The Kier molecular flexibility index (Phi) is 5.26. The zero-order valence-electron chi connectivity index (χ0n) is 11.6. The van der Waals surface area contributed by atoms with Crippen LogP contribution in [-0.2, 0) is 11.3 Å². The molecule has 1 aliphatic rings. The van der Waals surface area contributed by atoms with Crippen molar-refractivity contribution in [3.05, 3.63) is 28.8 Å². The summed E-state index contributed by atoms with van der Waals surface area (Å²) in [5, 5.41) is 13.0. The van der Waals surface area contributed by atoms with Crippen molar-refractivity contribution in [2.45, 2.75) is 51.3 Å². The summed E-state index contributed by atoms with van der Waals surface area (Å²) in [6.07, 6.45) is 2.77. The van der Waals surface area contributed by atoms with Gasteiger partial charge in [-0.25, -0.2) is 4.79 Å². The molecular weight excluding hydrogens is 278 g/mol. The fourth-order valence-corrected chi connectivity index (χ4v) is 2.24. The van der Waals surface area contributed by atoms with Gasteiger partial charge in [0.15, 0.2) is 6.10 Å². The number of benzene rings is 1. The predicted octanol–water partition coefficient (Wildman–Crippen LogP) is 3.22. The number of carboxylic acids is 1. The van der Waals surface area contributed by atoms with Crippen LogP contribution in [-0.4, -0.2) is 23.2 Å². The molecule has 1 atom stereocenters. The Balaban J connectivity index is 2.12. The highest BCUT2D eigenvalue weighted by atomic mass is 35.5. The molecule has 0 aromatic heterocycles. The van der Waals surface area contributed by atoms with Crippen molar-refractivity contribution >= 4 is 17.6 Å². The predicted molar refractivity (Wildman–Crippen MR) is 78.3 cm³/mol. The maximum absolute atomic E-state index is 11.2. The molecule has 1 aromatic carbocycles. The van der Waals surface area contributed by atoms with Gasteiger partial charge in [0, 0.05) is 18.2 Å². The van der Waals surface area contributed by atoms with E-state index >= 15 is 0 Å². The normalized spacial score (nSPS) is 15.9. The molecule has 4 nitrogen and oxygen atoms in total.